The number of hydrogen-bond acceptors (Lipinski definition) is 6. The SMILES string of the molecule is Cc1cccc(-c2ncc(C(=O)NCc3cccnc3)c(N3CCSCC3)n2)c1. The van der Waals surface area contributed by atoms with Gasteiger partial charge in [0.2, 0.25) is 0 Å². The molecule has 0 spiro atoms. The normalized spacial score (nSPS) is 13.9. The number of aromatic nitrogens is 3. The van der Waals surface area contributed by atoms with Gasteiger partial charge in [0.25, 0.3) is 5.91 Å². The standard InChI is InChI=1S/C22H23N5OS/c1-16-4-2-6-18(12-16)20-24-15-19(21(26-20)27-8-10-29-11-9-27)22(28)25-14-17-5-3-7-23-13-17/h2-7,12-13,15H,8-11,14H2,1H3,(H,25,28). The average molecular weight is 406 g/mol. The number of aryl methyl sites for hydroxylation is 1. The van der Waals surface area contributed by atoms with Crippen LogP contribution in [0.3, 0.4) is 0 Å². The minimum atomic E-state index is -0.169. The number of hydrogen-bond donors (Lipinski definition) is 1. The Hall–Kier alpha value is -2.93. The second-order valence-corrected chi connectivity index (χ2v) is 8.17. The monoisotopic (exact) mass is 405 g/mol. The molecule has 1 amide bonds. The minimum Gasteiger partial charge on any atom is -0.354 e. The van der Waals surface area contributed by atoms with Crippen molar-refractivity contribution in [3.8, 4) is 11.4 Å². The molecule has 1 aromatic carbocycles. The molecule has 0 aliphatic carbocycles. The second kappa shape index (κ2) is 9.05. The minimum absolute atomic E-state index is 0.169. The number of nitrogens with one attached hydrogen (secondary N) is 1. The number of thioether (sulfide) groups is 1. The zero-order valence-corrected chi connectivity index (χ0v) is 17.2. The summed E-state index contributed by atoms with van der Waals surface area (Å²) in [6, 6.07) is 11.9. The Balaban J connectivity index is 1.63. The van der Waals surface area contributed by atoms with Crippen LogP contribution in [0.2, 0.25) is 0 Å². The summed E-state index contributed by atoms with van der Waals surface area (Å²) in [6.45, 7) is 4.21. The van der Waals surface area contributed by atoms with E-state index in [0.717, 1.165) is 41.3 Å². The Morgan fingerprint density at radius 3 is 2.79 bits per heavy atom. The van der Waals surface area contributed by atoms with E-state index in [1.54, 1.807) is 18.6 Å². The molecule has 148 valence electrons. The van der Waals surface area contributed by atoms with Crippen molar-refractivity contribution >= 4 is 23.5 Å². The van der Waals surface area contributed by atoms with E-state index in [1.807, 2.05) is 49.0 Å². The molecule has 0 unspecified atom stereocenters. The lowest BCUT2D eigenvalue weighted by Crippen LogP contribution is -2.36. The van der Waals surface area contributed by atoms with Gasteiger partial charge in [-0.05, 0) is 24.6 Å². The largest absolute Gasteiger partial charge is 0.354 e. The third kappa shape index (κ3) is 4.74. The van der Waals surface area contributed by atoms with E-state index >= 15 is 0 Å². The third-order valence-electron chi connectivity index (χ3n) is 4.78. The Labute approximate surface area is 174 Å². The van der Waals surface area contributed by atoms with Gasteiger partial charge in [0.1, 0.15) is 11.4 Å². The van der Waals surface area contributed by atoms with Gasteiger partial charge < -0.3 is 10.2 Å². The lowest BCUT2D eigenvalue weighted by Gasteiger charge is -2.29. The summed E-state index contributed by atoms with van der Waals surface area (Å²) in [5.74, 6) is 3.24. The molecule has 3 aromatic rings. The number of carbonyl (C=O) groups is 1. The van der Waals surface area contributed by atoms with E-state index < -0.39 is 0 Å². The van der Waals surface area contributed by atoms with E-state index in [1.165, 1.54) is 0 Å². The van der Waals surface area contributed by atoms with Crippen LogP contribution in [0.5, 0.6) is 0 Å². The molecule has 1 fully saturated rings. The Morgan fingerprint density at radius 2 is 2.03 bits per heavy atom. The van der Waals surface area contributed by atoms with E-state index in [0.29, 0.717) is 23.8 Å². The van der Waals surface area contributed by atoms with Crippen LogP contribution in [-0.4, -0.2) is 45.5 Å². The first-order chi connectivity index (χ1) is 14.2. The lowest BCUT2D eigenvalue weighted by atomic mass is 10.1. The summed E-state index contributed by atoms with van der Waals surface area (Å²) >= 11 is 1.93. The molecule has 1 saturated heterocycles. The fourth-order valence-corrected chi connectivity index (χ4v) is 4.16. The first-order valence-corrected chi connectivity index (χ1v) is 10.8. The van der Waals surface area contributed by atoms with Crippen LogP contribution in [0.25, 0.3) is 11.4 Å². The predicted octanol–water partition coefficient (Wildman–Crippen LogP) is 3.33. The highest BCUT2D eigenvalue weighted by atomic mass is 32.2. The van der Waals surface area contributed by atoms with Gasteiger partial charge in [-0.3, -0.25) is 9.78 Å². The van der Waals surface area contributed by atoms with Crippen molar-refractivity contribution in [2.24, 2.45) is 0 Å². The van der Waals surface area contributed by atoms with Gasteiger partial charge in [0, 0.05) is 55.3 Å². The van der Waals surface area contributed by atoms with Crippen molar-refractivity contribution in [1.29, 1.82) is 0 Å². The highest BCUT2D eigenvalue weighted by Gasteiger charge is 2.22. The Morgan fingerprint density at radius 1 is 1.17 bits per heavy atom. The molecule has 1 aliphatic heterocycles. The van der Waals surface area contributed by atoms with Crippen LogP contribution in [0.4, 0.5) is 5.82 Å². The van der Waals surface area contributed by atoms with E-state index in [4.69, 9.17) is 4.98 Å². The molecule has 1 N–H and O–H groups in total. The zero-order valence-electron chi connectivity index (χ0n) is 16.3. The zero-order chi connectivity index (χ0) is 20.1. The maximum atomic E-state index is 12.9. The average Bonchev–Trinajstić information content (AvgIpc) is 2.78. The maximum absolute atomic E-state index is 12.9. The number of pyridine rings is 1. The molecule has 4 rings (SSSR count). The summed E-state index contributed by atoms with van der Waals surface area (Å²) in [6.07, 6.45) is 5.12. The first kappa shape index (κ1) is 19.4. The molecule has 0 atom stereocenters. The van der Waals surface area contributed by atoms with Crippen LogP contribution in [0, 0.1) is 6.92 Å². The van der Waals surface area contributed by atoms with Crippen molar-refractivity contribution < 1.29 is 4.79 Å². The molecule has 0 radical (unpaired) electrons. The van der Waals surface area contributed by atoms with E-state index in [2.05, 4.69) is 26.3 Å². The fraction of sp³-hybridized carbons (Fsp3) is 0.273. The summed E-state index contributed by atoms with van der Waals surface area (Å²) in [5, 5.41) is 2.97. The van der Waals surface area contributed by atoms with Gasteiger partial charge in [-0.25, -0.2) is 9.97 Å². The summed E-state index contributed by atoms with van der Waals surface area (Å²) in [7, 11) is 0. The van der Waals surface area contributed by atoms with Crippen LogP contribution in [0.1, 0.15) is 21.5 Å². The van der Waals surface area contributed by atoms with Crippen LogP contribution in [-0.2, 0) is 6.54 Å². The molecule has 6 nitrogen and oxygen atoms in total. The number of nitrogens with zero attached hydrogens (tertiary/aromatic N) is 4. The van der Waals surface area contributed by atoms with Gasteiger partial charge in [-0.2, -0.15) is 11.8 Å². The van der Waals surface area contributed by atoms with E-state index in [9.17, 15) is 4.79 Å². The second-order valence-electron chi connectivity index (χ2n) is 6.94. The van der Waals surface area contributed by atoms with Gasteiger partial charge in [0.05, 0.1) is 0 Å². The van der Waals surface area contributed by atoms with Crippen molar-refractivity contribution in [1.82, 2.24) is 20.3 Å². The number of amides is 1. The summed E-state index contributed by atoms with van der Waals surface area (Å²) in [4.78, 5) is 28.5. The van der Waals surface area contributed by atoms with Crippen LogP contribution < -0.4 is 10.2 Å². The topological polar surface area (TPSA) is 71.0 Å². The highest BCUT2D eigenvalue weighted by Crippen LogP contribution is 2.25. The van der Waals surface area contributed by atoms with Gasteiger partial charge >= 0.3 is 0 Å². The highest BCUT2D eigenvalue weighted by molar-refractivity contribution is 7.99. The Kier molecular flexibility index (Phi) is 6.05. The Bertz CT molecular complexity index is 990. The number of carbonyl (C=O) groups excluding carboxylic acids is 1. The molecule has 0 bridgehead atoms. The summed E-state index contributed by atoms with van der Waals surface area (Å²) in [5.41, 5.74) is 3.58. The van der Waals surface area contributed by atoms with Crippen molar-refractivity contribution in [2.45, 2.75) is 13.5 Å². The molecule has 7 heteroatoms. The third-order valence-corrected chi connectivity index (χ3v) is 5.72. The molecule has 3 heterocycles. The smallest absolute Gasteiger partial charge is 0.256 e. The maximum Gasteiger partial charge on any atom is 0.256 e. The number of rotatable bonds is 5. The van der Waals surface area contributed by atoms with Gasteiger partial charge in [-0.15, -0.1) is 0 Å². The summed E-state index contributed by atoms with van der Waals surface area (Å²) < 4.78 is 0. The molecule has 0 saturated carbocycles. The molecule has 2 aromatic heterocycles. The van der Waals surface area contributed by atoms with Crippen molar-refractivity contribution in [3.05, 3.63) is 71.7 Å². The van der Waals surface area contributed by atoms with Gasteiger partial charge in [0.15, 0.2) is 5.82 Å². The molecule has 1 aliphatic rings. The molecular weight excluding hydrogens is 382 g/mol. The number of anilines is 1. The first-order valence-electron chi connectivity index (χ1n) is 9.64. The number of benzene rings is 1. The molecule has 29 heavy (non-hydrogen) atoms. The lowest BCUT2D eigenvalue weighted by molar-refractivity contribution is 0.0950. The fourth-order valence-electron chi connectivity index (χ4n) is 3.25. The predicted molar refractivity (Wildman–Crippen MR) is 117 cm³/mol. The van der Waals surface area contributed by atoms with Crippen molar-refractivity contribution in [2.75, 3.05) is 29.5 Å². The quantitative estimate of drug-likeness (QED) is 0.702. The van der Waals surface area contributed by atoms with E-state index in [-0.39, 0.29) is 5.91 Å². The van der Waals surface area contributed by atoms with Gasteiger partial charge in [-0.1, -0.05) is 29.8 Å². The van der Waals surface area contributed by atoms with Crippen LogP contribution in [0.15, 0.2) is 55.0 Å². The molecular formula is C22H23N5OS. The van der Waals surface area contributed by atoms with Crippen LogP contribution >= 0.6 is 11.8 Å². The van der Waals surface area contributed by atoms with Crippen molar-refractivity contribution in [3.63, 3.8) is 0 Å².